The summed E-state index contributed by atoms with van der Waals surface area (Å²) in [5, 5.41) is 3.04. The number of benzene rings is 2. The molecule has 0 bridgehead atoms. The Morgan fingerprint density at radius 1 is 1.06 bits per heavy atom. The summed E-state index contributed by atoms with van der Waals surface area (Å²) in [6.45, 7) is 9.81. The molecule has 3 aromatic rings. The molecular weight excluding hydrogens is 386 g/mol. The first-order valence-corrected chi connectivity index (χ1v) is 10.8. The van der Waals surface area contributed by atoms with E-state index in [1.165, 1.54) is 11.1 Å². The summed E-state index contributed by atoms with van der Waals surface area (Å²) in [6, 6.07) is 20.1. The van der Waals surface area contributed by atoms with Gasteiger partial charge in [-0.1, -0.05) is 49.7 Å². The van der Waals surface area contributed by atoms with E-state index in [4.69, 9.17) is 4.74 Å². The van der Waals surface area contributed by atoms with Crippen LogP contribution in [0.5, 0.6) is 5.75 Å². The molecule has 0 aliphatic heterocycles. The van der Waals surface area contributed by atoms with Gasteiger partial charge in [0.25, 0.3) is 0 Å². The number of ether oxygens (including phenoxy) is 1. The van der Waals surface area contributed by atoms with Crippen LogP contribution in [0, 0.1) is 12.8 Å². The molecule has 0 aliphatic carbocycles. The van der Waals surface area contributed by atoms with Crippen LogP contribution in [0.2, 0.25) is 0 Å². The number of amides is 2. The molecule has 2 amide bonds. The predicted molar refractivity (Wildman–Crippen MR) is 127 cm³/mol. The second-order valence-electron chi connectivity index (χ2n) is 8.39. The molecular formula is C26H33N3O2. The van der Waals surface area contributed by atoms with Crippen LogP contribution in [-0.4, -0.2) is 28.6 Å². The predicted octanol–water partition coefficient (Wildman–Crippen LogP) is 5.93. The molecule has 1 heterocycles. The van der Waals surface area contributed by atoms with E-state index in [0.717, 1.165) is 17.9 Å². The van der Waals surface area contributed by atoms with E-state index >= 15 is 0 Å². The average Bonchev–Trinajstić information content (AvgIpc) is 3.18. The third kappa shape index (κ3) is 5.91. The van der Waals surface area contributed by atoms with Gasteiger partial charge in [-0.2, -0.15) is 0 Å². The number of aryl methyl sites for hydroxylation is 1. The molecule has 0 aliphatic rings. The van der Waals surface area contributed by atoms with Crippen molar-refractivity contribution in [3.8, 4) is 5.75 Å². The minimum atomic E-state index is -0.113. The normalized spacial score (nSPS) is 11.9. The molecule has 0 fully saturated rings. The molecule has 0 unspecified atom stereocenters. The van der Waals surface area contributed by atoms with E-state index in [0.29, 0.717) is 18.2 Å². The third-order valence-corrected chi connectivity index (χ3v) is 5.73. The van der Waals surface area contributed by atoms with E-state index in [9.17, 15) is 4.79 Å². The van der Waals surface area contributed by atoms with Gasteiger partial charge in [0.15, 0.2) is 0 Å². The summed E-state index contributed by atoms with van der Waals surface area (Å²) in [7, 11) is 1.62. The summed E-state index contributed by atoms with van der Waals surface area (Å²) in [5.74, 6) is 1.05. The summed E-state index contributed by atoms with van der Waals surface area (Å²) in [6.07, 6.45) is 2.08. The fourth-order valence-electron chi connectivity index (χ4n) is 3.59. The van der Waals surface area contributed by atoms with Crippen molar-refractivity contribution in [2.75, 3.05) is 12.4 Å². The number of hydrogen-bond acceptors (Lipinski definition) is 2. The molecule has 5 heteroatoms. The number of nitrogens with one attached hydrogen (secondary N) is 1. The Bertz CT molecular complexity index is 1010. The van der Waals surface area contributed by atoms with Crippen molar-refractivity contribution in [2.24, 2.45) is 5.92 Å². The van der Waals surface area contributed by atoms with Crippen molar-refractivity contribution in [2.45, 2.75) is 46.8 Å². The van der Waals surface area contributed by atoms with Gasteiger partial charge in [-0.15, -0.1) is 0 Å². The van der Waals surface area contributed by atoms with Crippen molar-refractivity contribution in [3.63, 3.8) is 0 Å². The third-order valence-electron chi connectivity index (χ3n) is 5.73. The zero-order chi connectivity index (χ0) is 22.4. The Morgan fingerprint density at radius 2 is 1.84 bits per heavy atom. The fourth-order valence-corrected chi connectivity index (χ4v) is 3.59. The second kappa shape index (κ2) is 10.2. The first-order chi connectivity index (χ1) is 14.9. The maximum absolute atomic E-state index is 13.3. The molecule has 164 valence electrons. The van der Waals surface area contributed by atoms with Crippen molar-refractivity contribution in [3.05, 3.63) is 83.7 Å². The molecule has 1 N–H and O–H groups in total. The maximum atomic E-state index is 13.3. The number of aromatic nitrogens is 1. The summed E-state index contributed by atoms with van der Waals surface area (Å²) >= 11 is 0. The van der Waals surface area contributed by atoms with Crippen LogP contribution >= 0.6 is 0 Å². The molecule has 31 heavy (non-hydrogen) atoms. The molecule has 1 atom stereocenters. The minimum Gasteiger partial charge on any atom is -0.497 e. The Labute approximate surface area is 185 Å². The van der Waals surface area contributed by atoms with Gasteiger partial charge in [0.05, 0.1) is 13.7 Å². The van der Waals surface area contributed by atoms with Gasteiger partial charge in [-0.25, -0.2) is 4.79 Å². The monoisotopic (exact) mass is 419 g/mol. The topological polar surface area (TPSA) is 46.5 Å². The van der Waals surface area contributed by atoms with E-state index in [1.807, 2.05) is 35.2 Å². The number of hydrogen-bond donors (Lipinski definition) is 1. The maximum Gasteiger partial charge on any atom is 0.322 e. The lowest BCUT2D eigenvalue weighted by atomic mass is 10.0. The fraction of sp³-hybridized carbons (Fsp3) is 0.346. The number of carbonyl (C=O) groups is 1. The first-order valence-electron chi connectivity index (χ1n) is 10.8. The van der Waals surface area contributed by atoms with Crippen LogP contribution in [0.4, 0.5) is 10.5 Å². The number of urea groups is 1. The molecule has 0 saturated carbocycles. The Balaban J connectivity index is 1.80. The molecule has 3 rings (SSSR count). The summed E-state index contributed by atoms with van der Waals surface area (Å²) < 4.78 is 7.50. The number of carbonyl (C=O) groups excluding carboxylic acids is 1. The van der Waals surface area contributed by atoms with E-state index in [1.54, 1.807) is 7.11 Å². The quantitative estimate of drug-likeness (QED) is 0.492. The molecule has 0 saturated heterocycles. The second-order valence-corrected chi connectivity index (χ2v) is 8.39. The number of nitrogens with zero attached hydrogens (tertiary/aromatic N) is 2. The van der Waals surface area contributed by atoms with Gasteiger partial charge in [0, 0.05) is 36.2 Å². The van der Waals surface area contributed by atoms with Crippen LogP contribution in [-0.2, 0) is 13.1 Å². The first kappa shape index (κ1) is 22.5. The van der Waals surface area contributed by atoms with Crippen molar-refractivity contribution in [1.29, 1.82) is 0 Å². The summed E-state index contributed by atoms with van der Waals surface area (Å²) in [5.41, 5.74) is 4.33. The highest BCUT2D eigenvalue weighted by atomic mass is 16.5. The minimum absolute atomic E-state index is 0.0768. The zero-order valence-corrected chi connectivity index (χ0v) is 19.1. The average molecular weight is 420 g/mol. The van der Waals surface area contributed by atoms with Gasteiger partial charge in [0.2, 0.25) is 0 Å². The van der Waals surface area contributed by atoms with Gasteiger partial charge < -0.3 is 19.5 Å². The highest BCUT2D eigenvalue weighted by molar-refractivity contribution is 5.89. The van der Waals surface area contributed by atoms with E-state index < -0.39 is 0 Å². The lowest BCUT2D eigenvalue weighted by Gasteiger charge is -2.32. The number of methoxy groups -OCH3 is 1. The van der Waals surface area contributed by atoms with Crippen molar-refractivity contribution >= 4 is 11.7 Å². The van der Waals surface area contributed by atoms with Crippen LogP contribution in [0.25, 0.3) is 0 Å². The molecule has 0 spiro atoms. The largest absolute Gasteiger partial charge is 0.497 e. The van der Waals surface area contributed by atoms with Crippen LogP contribution in [0.1, 0.15) is 37.6 Å². The number of rotatable bonds is 8. The van der Waals surface area contributed by atoms with Gasteiger partial charge in [-0.3, -0.25) is 0 Å². The van der Waals surface area contributed by atoms with Crippen LogP contribution < -0.4 is 10.1 Å². The Kier molecular flexibility index (Phi) is 7.40. The smallest absolute Gasteiger partial charge is 0.322 e. The molecule has 5 nitrogen and oxygen atoms in total. The van der Waals surface area contributed by atoms with Crippen LogP contribution in [0.15, 0.2) is 66.9 Å². The lowest BCUT2D eigenvalue weighted by Crippen LogP contribution is -2.43. The summed E-state index contributed by atoms with van der Waals surface area (Å²) in [4.78, 5) is 15.2. The highest BCUT2D eigenvalue weighted by Crippen LogP contribution is 2.21. The van der Waals surface area contributed by atoms with Crippen molar-refractivity contribution < 1.29 is 9.53 Å². The van der Waals surface area contributed by atoms with Gasteiger partial charge in [0.1, 0.15) is 5.75 Å². The van der Waals surface area contributed by atoms with Gasteiger partial charge in [-0.05, 0) is 49.6 Å². The standard InChI is InChI=1S/C26H33N3O2/c1-19(2)21(4)29(26(30)27-23-11-7-13-25(16-23)31-5)18-24-12-8-14-28(24)17-22-10-6-9-20(3)15-22/h6-16,19,21H,17-18H2,1-5H3,(H,27,30)/t21-/m0/s1. The molecule has 1 aromatic heterocycles. The zero-order valence-electron chi connectivity index (χ0n) is 19.1. The SMILES string of the molecule is COc1cccc(NC(=O)N(Cc2cccn2Cc2cccc(C)c2)[C@@H](C)C(C)C)c1. The Morgan fingerprint density at radius 3 is 2.55 bits per heavy atom. The number of anilines is 1. The van der Waals surface area contributed by atoms with Crippen molar-refractivity contribution in [1.82, 2.24) is 9.47 Å². The van der Waals surface area contributed by atoms with E-state index in [2.05, 4.69) is 74.1 Å². The van der Waals surface area contributed by atoms with E-state index in [-0.39, 0.29) is 12.1 Å². The Hall–Kier alpha value is -3.21. The highest BCUT2D eigenvalue weighted by Gasteiger charge is 2.24. The van der Waals surface area contributed by atoms with Gasteiger partial charge >= 0.3 is 6.03 Å². The molecule has 0 radical (unpaired) electrons. The van der Waals surface area contributed by atoms with Crippen LogP contribution in [0.3, 0.4) is 0 Å². The molecule has 2 aromatic carbocycles. The lowest BCUT2D eigenvalue weighted by molar-refractivity contribution is 0.168.